The van der Waals surface area contributed by atoms with Gasteiger partial charge in [0.15, 0.2) is 10.8 Å². The lowest BCUT2D eigenvalue weighted by atomic mass is 9.61. The minimum atomic E-state index is -4.79. The molecule has 0 unspecified atom stereocenters. The van der Waals surface area contributed by atoms with Gasteiger partial charge in [-0.3, -0.25) is 19.8 Å². The predicted octanol–water partition coefficient (Wildman–Crippen LogP) is 9.33. The summed E-state index contributed by atoms with van der Waals surface area (Å²) in [6.07, 6.45) is -1.28. The standard InChI is InChI=1S/C46H48F3N5O6S/c1-5-58-39(55)27-53-21-18-45(19-22-53)24-30(25-45)59-29-13-14-31(35(23-29)46(47,48)49)32-15-16-38(51-40(32)42(57)60-44(2,3)4)54-20-17-28-9-8-10-33(34(28)26-54)41(56)52-43-50-36-11-6-7-12-37(36)61-43/h6-16,23,30H,5,17-22,24-27H2,1-4H3,(H,50,52,56). The molecule has 11 nitrogen and oxygen atoms in total. The molecule has 5 aromatic rings. The van der Waals surface area contributed by atoms with E-state index in [1.807, 2.05) is 41.3 Å². The summed E-state index contributed by atoms with van der Waals surface area (Å²) >= 11 is 1.38. The molecule has 2 aromatic heterocycles. The molecule has 3 aromatic carbocycles. The molecule has 1 saturated carbocycles. The van der Waals surface area contributed by atoms with Gasteiger partial charge in [0.25, 0.3) is 5.91 Å². The van der Waals surface area contributed by atoms with Gasteiger partial charge in [0.1, 0.15) is 17.2 Å². The van der Waals surface area contributed by atoms with Crippen LogP contribution in [-0.2, 0) is 33.4 Å². The molecular weight excluding hydrogens is 808 g/mol. The number of aromatic nitrogens is 2. The number of esters is 2. The lowest BCUT2D eigenvalue weighted by molar-refractivity contribution is -0.145. The highest BCUT2D eigenvalue weighted by molar-refractivity contribution is 7.22. The highest BCUT2D eigenvalue weighted by Crippen LogP contribution is 2.51. The van der Waals surface area contributed by atoms with Gasteiger partial charge >= 0.3 is 18.1 Å². The highest BCUT2D eigenvalue weighted by Gasteiger charge is 2.47. The fraction of sp³-hybridized carbons (Fsp3) is 0.413. The highest BCUT2D eigenvalue weighted by atomic mass is 32.1. The second-order valence-electron chi connectivity index (χ2n) is 17.1. The topological polar surface area (TPSA) is 123 Å². The summed E-state index contributed by atoms with van der Waals surface area (Å²) in [6.45, 7) is 9.68. The van der Waals surface area contributed by atoms with E-state index in [4.69, 9.17) is 19.2 Å². The number of fused-ring (bicyclic) bond motifs is 2. The van der Waals surface area contributed by atoms with Gasteiger partial charge in [-0.05, 0) is 137 Å². The number of carbonyl (C=O) groups excluding carboxylic acids is 3. The van der Waals surface area contributed by atoms with Crippen LogP contribution in [0.2, 0.25) is 0 Å². The molecule has 8 rings (SSSR count). The van der Waals surface area contributed by atoms with Crippen molar-refractivity contribution in [3.8, 4) is 16.9 Å². The van der Waals surface area contributed by atoms with E-state index in [-0.39, 0.29) is 59.1 Å². The minimum Gasteiger partial charge on any atom is -0.490 e. The number of para-hydroxylation sites is 1. The quantitative estimate of drug-likeness (QED) is 0.136. The van der Waals surface area contributed by atoms with Gasteiger partial charge in [0, 0.05) is 24.2 Å². The van der Waals surface area contributed by atoms with Crippen LogP contribution in [-0.4, -0.2) is 77.2 Å². The Morgan fingerprint density at radius 3 is 2.39 bits per heavy atom. The molecule has 2 fully saturated rings. The minimum absolute atomic E-state index is 0.0256. The van der Waals surface area contributed by atoms with Crippen LogP contribution in [0.4, 0.5) is 24.1 Å². The number of rotatable bonds is 10. The van der Waals surface area contributed by atoms with E-state index >= 15 is 0 Å². The molecule has 4 heterocycles. The van der Waals surface area contributed by atoms with E-state index in [1.54, 1.807) is 39.8 Å². The van der Waals surface area contributed by atoms with Crippen molar-refractivity contribution in [2.75, 3.05) is 43.0 Å². The number of alkyl halides is 3. The van der Waals surface area contributed by atoms with Crippen molar-refractivity contribution in [1.29, 1.82) is 0 Å². The normalized spacial score (nSPS) is 16.8. The fourth-order valence-electron chi connectivity index (χ4n) is 8.63. The second-order valence-corrected chi connectivity index (χ2v) is 18.1. The number of likely N-dealkylation sites (tertiary alicyclic amines) is 1. The van der Waals surface area contributed by atoms with Crippen molar-refractivity contribution in [2.45, 2.75) is 84.2 Å². The molecule has 1 amide bonds. The molecule has 0 radical (unpaired) electrons. The SMILES string of the molecule is CCOC(=O)CN1CCC2(CC1)CC(Oc1ccc(-c3ccc(N4CCc5cccc(C(=O)Nc6nc7ccccc7s6)c5C4)nc3C(=O)OC(C)(C)C)c(C(F)(F)F)c1)C2. The first kappa shape index (κ1) is 42.2. The van der Waals surface area contributed by atoms with Crippen LogP contribution in [0, 0.1) is 5.41 Å². The number of thiazole rings is 1. The summed E-state index contributed by atoms with van der Waals surface area (Å²) in [6, 6.07) is 20.1. The maximum absolute atomic E-state index is 14.9. The number of anilines is 2. The van der Waals surface area contributed by atoms with Crippen molar-refractivity contribution >= 4 is 50.3 Å². The summed E-state index contributed by atoms with van der Waals surface area (Å²) in [4.78, 5) is 52.7. The number of benzene rings is 3. The molecule has 1 spiro atoms. The van der Waals surface area contributed by atoms with E-state index in [0.29, 0.717) is 48.9 Å². The van der Waals surface area contributed by atoms with Gasteiger partial charge < -0.3 is 19.1 Å². The molecular formula is C46H48F3N5O6S. The zero-order chi connectivity index (χ0) is 43.1. The molecule has 1 saturated heterocycles. The van der Waals surface area contributed by atoms with E-state index in [1.165, 1.54) is 29.5 Å². The fourth-order valence-corrected chi connectivity index (χ4v) is 9.50. The molecule has 1 N–H and O–H groups in total. The Morgan fingerprint density at radius 2 is 1.67 bits per heavy atom. The molecule has 61 heavy (non-hydrogen) atoms. The van der Waals surface area contributed by atoms with E-state index in [0.717, 1.165) is 53.3 Å². The zero-order valence-electron chi connectivity index (χ0n) is 34.6. The predicted molar refractivity (Wildman–Crippen MR) is 227 cm³/mol. The van der Waals surface area contributed by atoms with Gasteiger partial charge in [0.2, 0.25) is 0 Å². The number of ether oxygens (including phenoxy) is 3. The third-order valence-electron chi connectivity index (χ3n) is 11.6. The van der Waals surface area contributed by atoms with Gasteiger partial charge in [-0.25, -0.2) is 14.8 Å². The monoisotopic (exact) mass is 855 g/mol. The molecule has 0 atom stereocenters. The molecule has 320 valence electrons. The number of halogens is 3. The smallest absolute Gasteiger partial charge is 0.417 e. The second kappa shape index (κ2) is 16.7. The van der Waals surface area contributed by atoms with Crippen LogP contribution < -0.4 is 15.0 Å². The Hall–Kier alpha value is -5.54. The van der Waals surface area contributed by atoms with Crippen LogP contribution in [0.3, 0.4) is 0 Å². The average Bonchev–Trinajstić information content (AvgIpc) is 3.62. The van der Waals surface area contributed by atoms with Gasteiger partial charge in [0.05, 0.1) is 35.0 Å². The molecule has 0 bridgehead atoms. The number of pyridine rings is 1. The van der Waals surface area contributed by atoms with Gasteiger partial charge in [-0.2, -0.15) is 13.2 Å². The Balaban J connectivity index is 1.03. The molecule has 2 aliphatic heterocycles. The summed E-state index contributed by atoms with van der Waals surface area (Å²) in [5, 5.41) is 3.42. The van der Waals surface area contributed by atoms with E-state index in [9.17, 15) is 27.6 Å². The van der Waals surface area contributed by atoms with E-state index in [2.05, 4.69) is 15.2 Å². The first-order valence-electron chi connectivity index (χ1n) is 20.6. The summed E-state index contributed by atoms with van der Waals surface area (Å²) < 4.78 is 62.7. The first-order valence-corrected chi connectivity index (χ1v) is 21.4. The maximum atomic E-state index is 14.9. The number of hydrogen-bond acceptors (Lipinski definition) is 11. The lowest BCUT2D eigenvalue weighted by Crippen LogP contribution is -2.51. The number of amides is 1. The number of hydrogen-bond donors (Lipinski definition) is 1. The Morgan fingerprint density at radius 1 is 0.918 bits per heavy atom. The summed E-state index contributed by atoms with van der Waals surface area (Å²) in [7, 11) is 0. The Labute approximate surface area is 356 Å². The van der Waals surface area contributed by atoms with Crippen molar-refractivity contribution in [3.63, 3.8) is 0 Å². The summed E-state index contributed by atoms with van der Waals surface area (Å²) in [5.41, 5.74) is 0.650. The lowest BCUT2D eigenvalue weighted by Gasteiger charge is -2.51. The Kier molecular flexibility index (Phi) is 11.6. The van der Waals surface area contributed by atoms with Crippen LogP contribution >= 0.6 is 11.3 Å². The number of carbonyl (C=O) groups is 3. The molecule has 1 aliphatic carbocycles. The van der Waals surface area contributed by atoms with Crippen LogP contribution in [0.25, 0.3) is 21.3 Å². The molecule has 3 aliphatic rings. The molecule has 15 heteroatoms. The van der Waals surface area contributed by atoms with Crippen LogP contribution in [0.1, 0.15) is 90.9 Å². The number of nitrogens with zero attached hydrogens (tertiary/aromatic N) is 4. The van der Waals surface area contributed by atoms with Crippen LogP contribution in [0.15, 0.2) is 72.8 Å². The third-order valence-corrected chi connectivity index (χ3v) is 12.6. The third kappa shape index (κ3) is 9.37. The van der Waals surface area contributed by atoms with E-state index < -0.39 is 23.3 Å². The summed E-state index contributed by atoms with van der Waals surface area (Å²) in [5.74, 6) is -0.967. The zero-order valence-corrected chi connectivity index (χ0v) is 35.4. The average molecular weight is 856 g/mol. The van der Waals surface area contributed by atoms with Gasteiger partial charge in [-0.1, -0.05) is 41.7 Å². The van der Waals surface area contributed by atoms with Crippen molar-refractivity contribution in [2.24, 2.45) is 5.41 Å². The van der Waals surface area contributed by atoms with Crippen molar-refractivity contribution in [1.82, 2.24) is 14.9 Å². The Bertz CT molecular complexity index is 2430. The van der Waals surface area contributed by atoms with Crippen molar-refractivity contribution in [3.05, 3.63) is 101 Å². The first-order chi connectivity index (χ1) is 29.1. The maximum Gasteiger partial charge on any atom is 0.417 e. The van der Waals surface area contributed by atoms with Crippen molar-refractivity contribution < 1.29 is 41.8 Å². The van der Waals surface area contributed by atoms with Crippen LogP contribution in [0.5, 0.6) is 5.75 Å². The number of piperidine rings is 1. The van der Waals surface area contributed by atoms with Gasteiger partial charge in [-0.15, -0.1) is 0 Å². The number of nitrogens with one attached hydrogen (secondary N) is 1. The largest absolute Gasteiger partial charge is 0.490 e.